The van der Waals surface area contributed by atoms with Crippen LogP contribution in [0.15, 0.2) is 24.3 Å². The van der Waals surface area contributed by atoms with Gasteiger partial charge in [0.1, 0.15) is 0 Å². The van der Waals surface area contributed by atoms with E-state index < -0.39 is 0 Å². The van der Waals surface area contributed by atoms with E-state index in [2.05, 4.69) is 10.6 Å². The fourth-order valence-corrected chi connectivity index (χ4v) is 3.15. The van der Waals surface area contributed by atoms with Crippen LogP contribution in [0, 0.1) is 0 Å². The number of para-hydroxylation sites is 2. The highest BCUT2D eigenvalue weighted by molar-refractivity contribution is 6.04. The van der Waals surface area contributed by atoms with Crippen molar-refractivity contribution in [1.82, 2.24) is 5.32 Å². The number of amides is 3. The van der Waals surface area contributed by atoms with E-state index in [0.29, 0.717) is 17.4 Å². The van der Waals surface area contributed by atoms with Crippen LogP contribution in [-0.4, -0.2) is 49.9 Å². The van der Waals surface area contributed by atoms with Crippen LogP contribution in [0.25, 0.3) is 0 Å². The largest absolute Gasteiger partial charge is 0.348 e. The molecule has 25 heavy (non-hydrogen) atoms. The van der Waals surface area contributed by atoms with Crippen molar-refractivity contribution in [3.63, 3.8) is 0 Å². The summed E-state index contributed by atoms with van der Waals surface area (Å²) < 4.78 is 0. The maximum Gasteiger partial charge on any atom is 0.282 e. The Kier molecular flexibility index (Phi) is 5.03. The molecule has 0 bridgehead atoms. The number of fused-ring (bicyclic) bond motifs is 1. The van der Waals surface area contributed by atoms with Crippen LogP contribution in [-0.2, 0) is 14.4 Å². The molecule has 1 aliphatic carbocycles. The maximum absolute atomic E-state index is 12.9. The van der Waals surface area contributed by atoms with Gasteiger partial charge in [-0.1, -0.05) is 12.1 Å². The molecule has 1 aliphatic heterocycles. The molecule has 1 aromatic rings. The fourth-order valence-electron chi connectivity index (χ4n) is 3.15. The lowest BCUT2D eigenvalue weighted by Crippen LogP contribution is -3.11. The first-order chi connectivity index (χ1) is 11.9. The summed E-state index contributed by atoms with van der Waals surface area (Å²) >= 11 is 0. The zero-order chi connectivity index (χ0) is 18.0. The molecule has 1 fully saturated rings. The lowest BCUT2D eigenvalue weighted by molar-refractivity contribution is -0.862. The minimum atomic E-state index is -0.232. The van der Waals surface area contributed by atoms with Crippen LogP contribution in [0.3, 0.4) is 0 Å². The number of hydrogen-bond acceptors (Lipinski definition) is 3. The predicted molar refractivity (Wildman–Crippen MR) is 94.4 cm³/mol. The zero-order valence-corrected chi connectivity index (χ0v) is 14.7. The number of likely N-dealkylation sites (N-methyl/N-ethyl adjacent to an activating group) is 1. The Morgan fingerprint density at radius 3 is 2.72 bits per heavy atom. The second-order valence-electron chi connectivity index (χ2n) is 7.03. The van der Waals surface area contributed by atoms with E-state index in [9.17, 15) is 14.4 Å². The molecular formula is C18H25N4O3+. The first-order valence-corrected chi connectivity index (χ1v) is 8.75. The molecular weight excluding hydrogens is 320 g/mol. The number of quaternary nitrogens is 1. The monoisotopic (exact) mass is 345 g/mol. The highest BCUT2D eigenvalue weighted by atomic mass is 16.2. The molecule has 134 valence electrons. The van der Waals surface area contributed by atoms with Gasteiger partial charge in [-0.3, -0.25) is 14.4 Å². The topological polar surface area (TPSA) is 83.0 Å². The van der Waals surface area contributed by atoms with E-state index in [1.165, 1.54) is 0 Å². The second-order valence-corrected chi connectivity index (χ2v) is 7.03. The van der Waals surface area contributed by atoms with Gasteiger partial charge in [-0.05, 0) is 31.9 Å². The third-order valence-corrected chi connectivity index (χ3v) is 4.49. The lowest BCUT2D eigenvalue weighted by atomic mass is 10.1. The van der Waals surface area contributed by atoms with Gasteiger partial charge in [-0.15, -0.1) is 0 Å². The summed E-state index contributed by atoms with van der Waals surface area (Å²) in [5, 5.41) is 5.79. The van der Waals surface area contributed by atoms with Crippen molar-refractivity contribution < 1.29 is 19.3 Å². The molecule has 3 N–H and O–H groups in total. The highest BCUT2D eigenvalue weighted by Gasteiger charge is 2.31. The number of hydrogen-bond donors (Lipinski definition) is 3. The highest BCUT2D eigenvalue weighted by Crippen LogP contribution is 2.30. The number of rotatable bonds is 5. The fraction of sp³-hybridized carbons (Fsp3) is 0.500. The summed E-state index contributed by atoms with van der Waals surface area (Å²) in [6, 6.07) is 7.41. The van der Waals surface area contributed by atoms with Crippen LogP contribution in [0.1, 0.15) is 26.2 Å². The second kappa shape index (κ2) is 7.23. The Balaban J connectivity index is 1.69. The van der Waals surface area contributed by atoms with Crippen molar-refractivity contribution in [2.24, 2.45) is 0 Å². The molecule has 3 rings (SSSR count). The minimum absolute atomic E-state index is 0.0195. The molecule has 1 unspecified atom stereocenters. The number of nitrogens with zero attached hydrogens (tertiary/aromatic N) is 1. The third-order valence-electron chi connectivity index (χ3n) is 4.49. The van der Waals surface area contributed by atoms with E-state index in [4.69, 9.17) is 0 Å². The number of nitrogens with one attached hydrogen (secondary N) is 3. The van der Waals surface area contributed by atoms with Gasteiger partial charge in [0.05, 0.1) is 18.4 Å². The molecule has 0 spiro atoms. The molecule has 3 amide bonds. The van der Waals surface area contributed by atoms with E-state index >= 15 is 0 Å². The standard InChI is InChI=1S/C18H24N4O3/c1-12-9-16(23)20-14-5-3-4-6-15(14)22(12)18(25)11-21(2)10-17(24)19-13-7-8-13/h3-6,12-13H,7-11H2,1-2H3,(H,19,24)(H,20,23)/p+1/t12-/m0/s1. The Bertz CT molecular complexity index is 687. The van der Waals surface area contributed by atoms with E-state index in [-0.39, 0.29) is 43.3 Å². The third kappa shape index (κ3) is 4.36. The van der Waals surface area contributed by atoms with Crippen LogP contribution >= 0.6 is 0 Å². The van der Waals surface area contributed by atoms with Crippen molar-refractivity contribution in [3.8, 4) is 0 Å². The van der Waals surface area contributed by atoms with Gasteiger partial charge >= 0.3 is 0 Å². The first-order valence-electron chi connectivity index (χ1n) is 8.75. The Morgan fingerprint density at radius 1 is 1.28 bits per heavy atom. The summed E-state index contributed by atoms with van der Waals surface area (Å²) in [6.07, 6.45) is 2.35. The molecule has 7 nitrogen and oxygen atoms in total. The Labute approximate surface area is 147 Å². The van der Waals surface area contributed by atoms with Crippen LogP contribution < -0.4 is 20.4 Å². The van der Waals surface area contributed by atoms with Crippen molar-refractivity contribution >= 4 is 29.1 Å². The van der Waals surface area contributed by atoms with Crippen molar-refractivity contribution in [2.75, 3.05) is 30.4 Å². The molecule has 0 radical (unpaired) electrons. The summed E-state index contributed by atoms with van der Waals surface area (Å²) in [5.74, 6) is -0.207. The molecule has 1 aromatic carbocycles. The number of anilines is 2. The Morgan fingerprint density at radius 2 is 2.00 bits per heavy atom. The SMILES string of the molecule is C[C@H]1CC(=O)Nc2ccccc2N1C(=O)C[NH+](C)CC(=O)NC1CC1. The summed E-state index contributed by atoms with van der Waals surface area (Å²) in [4.78, 5) is 39.3. The van der Waals surface area contributed by atoms with Crippen LogP contribution in [0.5, 0.6) is 0 Å². The van der Waals surface area contributed by atoms with Crippen LogP contribution in [0.2, 0.25) is 0 Å². The summed E-state index contributed by atoms with van der Waals surface area (Å²) in [7, 11) is 1.84. The van der Waals surface area contributed by atoms with Gasteiger partial charge in [-0.2, -0.15) is 0 Å². The van der Waals surface area contributed by atoms with Gasteiger partial charge < -0.3 is 20.4 Å². The van der Waals surface area contributed by atoms with Gasteiger partial charge in [0.2, 0.25) is 5.91 Å². The van der Waals surface area contributed by atoms with Crippen molar-refractivity contribution in [1.29, 1.82) is 0 Å². The minimum Gasteiger partial charge on any atom is -0.348 e. The molecule has 1 saturated carbocycles. The molecule has 0 saturated heterocycles. The van der Waals surface area contributed by atoms with Gasteiger partial charge in [0.15, 0.2) is 13.1 Å². The molecule has 2 aliphatic rings. The van der Waals surface area contributed by atoms with E-state index in [1.807, 2.05) is 32.2 Å². The van der Waals surface area contributed by atoms with Gasteiger partial charge in [-0.25, -0.2) is 0 Å². The quantitative estimate of drug-likeness (QED) is 0.676. The average molecular weight is 345 g/mol. The van der Waals surface area contributed by atoms with Gasteiger partial charge in [0, 0.05) is 18.5 Å². The van der Waals surface area contributed by atoms with Crippen LogP contribution in [0.4, 0.5) is 11.4 Å². The summed E-state index contributed by atoms with van der Waals surface area (Å²) in [6.45, 7) is 2.34. The molecule has 1 heterocycles. The first kappa shape index (κ1) is 17.4. The predicted octanol–water partition coefficient (Wildman–Crippen LogP) is -0.456. The smallest absolute Gasteiger partial charge is 0.282 e. The van der Waals surface area contributed by atoms with Crippen molar-refractivity contribution in [2.45, 2.75) is 38.3 Å². The molecule has 2 atom stereocenters. The Hall–Kier alpha value is -2.41. The molecule has 7 heteroatoms. The van der Waals surface area contributed by atoms with E-state index in [1.54, 1.807) is 11.0 Å². The van der Waals surface area contributed by atoms with Crippen molar-refractivity contribution in [3.05, 3.63) is 24.3 Å². The van der Waals surface area contributed by atoms with E-state index in [0.717, 1.165) is 17.7 Å². The van der Waals surface area contributed by atoms with Gasteiger partial charge in [0.25, 0.3) is 11.8 Å². The average Bonchev–Trinajstić information content (AvgIpc) is 3.32. The number of carbonyl (C=O) groups excluding carboxylic acids is 3. The number of benzene rings is 1. The number of carbonyl (C=O) groups is 3. The molecule has 0 aromatic heterocycles. The maximum atomic E-state index is 12.9. The summed E-state index contributed by atoms with van der Waals surface area (Å²) in [5.41, 5.74) is 1.36. The zero-order valence-electron chi connectivity index (χ0n) is 14.7. The lowest BCUT2D eigenvalue weighted by Gasteiger charge is -2.28. The normalized spacial score (nSPS) is 21.0.